The third kappa shape index (κ3) is 7.44. The molecule has 1 saturated carbocycles. The van der Waals surface area contributed by atoms with Crippen LogP contribution in [0.4, 0.5) is 4.79 Å². The number of benzene rings is 2. The molecule has 1 aliphatic rings. The van der Waals surface area contributed by atoms with Crippen LogP contribution in [0.5, 0.6) is 0 Å². The molecule has 1 amide bonds. The average molecular weight is 489 g/mol. The highest BCUT2D eigenvalue weighted by Gasteiger charge is 2.30. The Kier molecular flexibility index (Phi) is 8.99. The lowest BCUT2D eigenvalue weighted by Crippen LogP contribution is -2.39. The first-order valence-electron chi connectivity index (χ1n) is 12.5. The summed E-state index contributed by atoms with van der Waals surface area (Å²) in [6.07, 6.45) is 5.33. The highest BCUT2D eigenvalue weighted by atomic mass is 32.2. The van der Waals surface area contributed by atoms with E-state index in [2.05, 4.69) is 12.2 Å². The normalized spacial score (nSPS) is 19.3. The van der Waals surface area contributed by atoms with Crippen molar-refractivity contribution in [2.45, 2.75) is 76.7 Å². The van der Waals surface area contributed by atoms with E-state index in [9.17, 15) is 13.2 Å². The molecule has 0 heterocycles. The van der Waals surface area contributed by atoms with E-state index in [4.69, 9.17) is 4.74 Å². The standard InChI is InChI=1S/C27H40N2O4S/c1-5-6-17-29(34(31,32)25-16-15-23-9-7-8-10-24(23)18-25)20-22-13-11-21(12-14-22)19-28-26(30)33-27(2,3)4/h7-10,15-16,18,21-22H,5-6,11-14,17,19-20H2,1-4H3,(H,28,30). The lowest BCUT2D eigenvalue weighted by molar-refractivity contribution is 0.0512. The molecule has 34 heavy (non-hydrogen) atoms. The Labute approximate surface area is 205 Å². The smallest absolute Gasteiger partial charge is 0.407 e. The third-order valence-electron chi connectivity index (χ3n) is 6.48. The zero-order valence-corrected chi connectivity index (χ0v) is 21.9. The SMILES string of the molecule is CCCCN(CC1CCC(CNC(=O)OC(C)(C)C)CC1)S(=O)(=O)c1ccc2ccccc2c1. The fraction of sp³-hybridized carbons (Fsp3) is 0.593. The molecule has 0 atom stereocenters. The van der Waals surface area contributed by atoms with Gasteiger partial charge in [0.1, 0.15) is 5.60 Å². The molecule has 1 aliphatic carbocycles. The summed E-state index contributed by atoms with van der Waals surface area (Å²) in [7, 11) is -3.56. The Balaban J connectivity index is 1.60. The monoisotopic (exact) mass is 488 g/mol. The number of unbranched alkanes of at least 4 members (excludes halogenated alkanes) is 1. The van der Waals surface area contributed by atoms with E-state index in [0.717, 1.165) is 49.3 Å². The second kappa shape index (κ2) is 11.5. The number of ether oxygens (including phenoxy) is 1. The summed E-state index contributed by atoms with van der Waals surface area (Å²) in [4.78, 5) is 12.3. The number of carbonyl (C=O) groups excluding carboxylic acids is 1. The van der Waals surface area contributed by atoms with E-state index < -0.39 is 15.6 Å². The Hall–Kier alpha value is -2.12. The van der Waals surface area contributed by atoms with Crippen LogP contribution in [-0.2, 0) is 14.8 Å². The van der Waals surface area contributed by atoms with Crippen LogP contribution in [0, 0.1) is 11.8 Å². The first-order valence-corrected chi connectivity index (χ1v) is 14.0. The highest BCUT2D eigenvalue weighted by Crippen LogP contribution is 2.31. The molecule has 0 aliphatic heterocycles. The van der Waals surface area contributed by atoms with Gasteiger partial charge in [0, 0.05) is 19.6 Å². The lowest BCUT2D eigenvalue weighted by Gasteiger charge is -2.32. The van der Waals surface area contributed by atoms with Crippen molar-refractivity contribution >= 4 is 26.9 Å². The lowest BCUT2D eigenvalue weighted by atomic mass is 9.82. The van der Waals surface area contributed by atoms with Gasteiger partial charge >= 0.3 is 6.09 Å². The molecule has 0 spiro atoms. The molecule has 0 radical (unpaired) electrons. The van der Waals surface area contributed by atoms with E-state index >= 15 is 0 Å². The number of nitrogens with one attached hydrogen (secondary N) is 1. The van der Waals surface area contributed by atoms with Gasteiger partial charge in [-0.2, -0.15) is 4.31 Å². The largest absolute Gasteiger partial charge is 0.444 e. The predicted octanol–water partition coefficient (Wildman–Crippen LogP) is 5.96. The number of amides is 1. The van der Waals surface area contributed by atoms with Crippen LogP contribution in [0.25, 0.3) is 10.8 Å². The summed E-state index contributed by atoms with van der Waals surface area (Å²) in [5.41, 5.74) is -0.500. The van der Waals surface area contributed by atoms with Gasteiger partial charge in [0.05, 0.1) is 4.90 Å². The van der Waals surface area contributed by atoms with Gasteiger partial charge in [-0.3, -0.25) is 0 Å². The number of alkyl carbamates (subject to hydrolysis) is 1. The minimum atomic E-state index is -3.56. The van der Waals surface area contributed by atoms with Gasteiger partial charge in [0.15, 0.2) is 0 Å². The van der Waals surface area contributed by atoms with Gasteiger partial charge in [-0.1, -0.05) is 43.7 Å². The first kappa shape index (κ1) is 26.5. The second-order valence-corrected chi connectivity index (χ2v) is 12.4. The summed E-state index contributed by atoms with van der Waals surface area (Å²) < 4.78 is 34.2. The van der Waals surface area contributed by atoms with Gasteiger partial charge in [-0.25, -0.2) is 13.2 Å². The Morgan fingerprint density at radius 1 is 1.03 bits per heavy atom. The number of hydrogen-bond donors (Lipinski definition) is 1. The molecule has 1 N–H and O–H groups in total. The fourth-order valence-electron chi connectivity index (χ4n) is 4.57. The van der Waals surface area contributed by atoms with Crippen molar-refractivity contribution in [1.82, 2.24) is 9.62 Å². The molecule has 0 unspecified atom stereocenters. The number of sulfonamides is 1. The zero-order valence-electron chi connectivity index (χ0n) is 21.0. The summed E-state index contributed by atoms with van der Waals surface area (Å²) in [5, 5.41) is 4.87. The van der Waals surface area contributed by atoms with Crippen molar-refractivity contribution < 1.29 is 17.9 Å². The molecule has 0 bridgehead atoms. The van der Waals surface area contributed by atoms with Crippen LogP contribution in [0.15, 0.2) is 47.4 Å². The third-order valence-corrected chi connectivity index (χ3v) is 8.34. The summed E-state index contributed by atoms with van der Waals surface area (Å²) >= 11 is 0. The first-order chi connectivity index (χ1) is 16.1. The van der Waals surface area contributed by atoms with Crippen molar-refractivity contribution in [3.05, 3.63) is 42.5 Å². The number of hydrogen-bond acceptors (Lipinski definition) is 4. The molecule has 7 heteroatoms. The minimum absolute atomic E-state index is 0.338. The number of carbonyl (C=O) groups is 1. The quantitative estimate of drug-likeness (QED) is 0.472. The Bertz CT molecular complexity index is 1050. The van der Waals surface area contributed by atoms with E-state index in [1.165, 1.54) is 0 Å². The van der Waals surface area contributed by atoms with E-state index in [0.29, 0.717) is 36.4 Å². The van der Waals surface area contributed by atoms with E-state index in [1.807, 2.05) is 51.1 Å². The molecule has 188 valence electrons. The number of nitrogens with zero attached hydrogens (tertiary/aromatic N) is 1. The van der Waals surface area contributed by atoms with Crippen LogP contribution in [0.1, 0.15) is 66.2 Å². The second-order valence-electron chi connectivity index (χ2n) is 10.5. The van der Waals surface area contributed by atoms with Crippen LogP contribution < -0.4 is 5.32 Å². The topological polar surface area (TPSA) is 75.7 Å². The highest BCUT2D eigenvalue weighted by molar-refractivity contribution is 7.89. The van der Waals surface area contributed by atoms with Crippen molar-refractivity contribution in [2.75, 3.05) is 19.6 Å². The van der Waals surface area contributed by atoms with Crippen molar-refractivity contribution in [1.29, 1.82) is 0 Å². The molecular weight excluding hydrogens is 448 g/mol. The van der Waals surface area contributed by atoms with Crippen LogP contribution in [0.3, 0.4) is 0 Å². The van der Waals surface area contributed by atoms with Crippen molar-refractivity contribution in [3.63, 3.8) is 0 Å². The molecular formula is C27H40N2O4S. The summed E-state index contributed by atoms with van der Waals surface area (Å²) in [5.74, 6) is 0.745. The van der Waals surface area contributed by atoms with Crippen molar-refractivity contribution in [3.8, 4) is 0 Å². The molecule has 1 fully saturated rings. The summed E-state index contributed by atoms with van der Waals surface area (Å²) in [6.45, 7) is 9.36. The maximum atomic E-state index is 13.6. The van der Waals surface area contributed by atoms with Gasteiger partial charge in [-0.05, 0) is 87.6 Å². The van der Waals surface area contributed by atoms with Gasteiger partial charge < -0.3 is 10.1 Å². The predicted molar refractivity (Wildman–Crippen MR) is 137 cm³/mol. The molecule has 2 aromatic rings. The average Bonchev–Trinajstić information content (AvgIpc) is 2.79. The van der Waals surface area contributed by atoms with E-state index in [-0.39, 0.29) is 6.09 Å². The Morgan fingerprint density at radius 3 is 2.32 bits per heavy atom. The number of fused-ring (bicyclic) bond motifs is 1. The molecule has 0 saturated heterocycles. The van der Waals surface area contributed by atoms with Gasteiger partial charge in [-0.15, -0.1) is 0 Å². The molecule has 2 aromatic carbocycles. The van der Waals surface area contributed by atoms with Crippen LogP contribution in [-0.4, -0.2) is 44.1 Å². The fourth-order valence-corrected chi connectivity index (χ4v) is 6.16. The minimum Gasteiger partial charge on any atom is -0.444 e. The maximum absolute atomic E-state index is 13.6. The number of rotatable bonds is 9. The molecule has 6 nitrogen and oxygen atoms in total. The van der Waals surface area contributed by atoms with Gasteiger partial charge in [0.25, 0.3) is 0 Å². The van der Waals surface area contributed by atoms with Crippen molar-refractivity contribution in [2.24, 2.45) is 11.8 Å². The van der Waals surface area contributed by atoms with Crippen LogP contribution in [0.2, 0.25) is 0 Å². The zero-order chi connectivity index (χ0) is 24.8. The van der Waals surface area contributed by atoms with Crippen LogP contribution >= 0.6 is 0 Å². The molecule has 3 rings (SSSR count). The molecule has 0 aromatic heterocycles. The summed E-state index contributed by atoms with van der Waals surface area (Å²) in [6, 6.07) is 13.3. The van der Waals surface area contributed by atoms with Gasteiger partial charge in [0.2, 0.25) is 10.0 Å². The maximum Gasteiger partial charge on any atom is 0.407 e. The Morgan fingerprint density at radius 2 is 1.68 bits per heavy atom. The van der Waals surface area contributed by atoms with E-state index in [1.54, 1.807) is 16.4 Å².